The van der Waals surface area contributed by atoms with E-state index in [1.54, 1.807) is 12.4 Å². The third-order valence-corrected chi connectivity index (χ3v) is 3.62. The zero-order chi connectivity index (χ0) is 15.8. The van der Waals surface area contributed by atoms with E-state index in [1.165, 1.54) is 0 Å². The van der Waals surface area contributed by atoms with Gasteiger partial charge < -0.3 is 5.73 Å². The number of nitrogens with two attached hydrogens (primary N) is 1. The lowest BCUT2D eigenvalue weighted by molar-refractivity contribution is 0.950. The SMILES string of the molecule is C\C=C/C(=C\CC)C(/CC(C)Br)=C(/N)c1ccncc1Cl. The minimum Gasteiger partial charge on any atom is -0.398 e. The normalized spacial score (nSPS) is 15.2. The lowest BCUT2D eigenvalue weighted by Crippen LogP contribution is -2.07. The lowest BCUT2D eigenvalue weighted by atomic mass is 9.95. The second kappa shape index (κ2) is 9.06. The molecule has 0 aromatic carbocycles. The maximum Gasteiger partial charge on any atom is 0.0682 e. The molecule has 0 saturated heterocycles. The topological polar surface area (TPSA) is 38.9 Å². The summed E-state index contributed by atoms with van der Waals surface area (Å²) in [5, 5.41) is 0.575. The number of halogens is 2. The Morgan fingerprint density at radius 2 is 2.24 bits per heavy atom. The summed E-state index contributed by atoms with van der Waals surface area (Å²) in [6, 6.07) is 1.86. The average molecular weight is 370 g/mol. The molecule has 0 aliphatic heterocycles. The van der Waals surface area contributed by atoms with Crippen LogP contribution in [0.15, 0.2) is 47.8 Å². The second-order valence-corrected chi connectivity index (χ2v) is 6.77. The minimum atomic E-state index is 0.331. The first-order valence-corrected chi connectivity index (χ1v) is 8.36. The van der Waals surface area contributed by atoms with Gasteiger partial charge >= 0.3 is 0 Å². The highest BCUT2D eigenvalue weighted by molar-refractivity contribution is 9.09. The van der Waals surface area contributed by atoms with E-state index in [-0.39, 0.29) is 0 Å². The highest BCUT2D eigenvalue weighted by atomic mass is 79.9. The van der Waals surface area contributed by atoms with Crippen LogP contribution in [0.2, 0.25) is 5.02 Å². The fourth-order valence-electron chi connectivity index (χ4n) is 2.11. The van der Waals surface area contributed by atoms with Gasteiger partial charge in [0.15, 0.2) is 0 Å². The van der Waals surface area contributed by atoms with E-state index in [4.69, 9.17) is 17.3 Å². The molecule has 114 valence electrons. The smallest absolute Gasteiger partial charge is 0.0682 e. The highest BCUT2D eigenvalue weighted by Crippen LogP contribution is 2.30. The molecular weight excluding hydrogens is 348 g/mol. The van der Waals surface area contributed by atoms with Gasteiger partial charge in [-0.25, -0.2) is 0 Å². The summed E-state index contributed by atoms with van der Waals surface area (Å²) in [5.41, 5.74) is 10.2. The molecule has 1 aromatic rings. The van der Waals surface area contributed by atoms with Crippen LogP contribution in [0.3, 0.4) is 0 Å². The maximum absolute atomic E-state index is 6.42. The Balaban J connectivity index is 3.44. The van der Waals surface area contributed by atoms with E-state index in [1.807, 2.05) is 19.1 Å². The molecule has 0 bridgehead atoms. The Morgan fingerprint density at radius 1 is 1.52 bits per heavy atom. The predicted molar refractivity (Wildman–Crippen MR) is 96.5 cm³/mol. The fourth-order valence-corrected chi connectivity index (χ4v) is 2.66. The van der Waals surface area contributed by atoms with Gasteiger partial charge in [-0.15, -0.1) is 0 Å². The summed E-state index contributed by atoms with van der Waals surface area (Å²) in [5.74, 6) is 0. The number of hydrogen-bond acceptors (Lipinski definition) is 2. The van der Waals surface area contributed by atoms with Crippen molar-refractivity contribution in [1.82, 2.24) is 4.98 Å². The molecule has 21 heavy (non-hydrogen) atoms. The highest BCUT2D eigenvalue weighted by Gasteiger charge is 2.14. The van der Waals surface area contributed by atoms with Gasteiger partial charge in [0.1, 0.15) is 0 Å². The summed E-state index contributed by atoms with van der Waals surface area (Å²) in [6.45, 7) is 6.24. The fraction of sp³-hybridized carbons (Fsp3) is 0.353. The standard InChI is InChI=1S/C17H22BrClN2/c1-4-6-13(7-5-2)15(10-12(3)18)17(20)14-8-9-21-11-16(14)19/h4,6-9,11-12H,5,10,20H2,1-3H3/b6-4-,13-7+,17-15+. The van der Waals surface area contributed by atoms with Crippen molar-refractivity contribution in [2.24, 2.45) is 5.73 Å². The monoisotopic (exact) mass is 368 g/mol. The van der Waals surface area contributed by atoms with E-state index in [0.29, 0.717) is 15.5 Å². The molecule has 2 N–H and O–H groups in total. The van der Waals surface area contributed by atoms with E-state index < -0.39 is 0 Å². The molecule has 1 aromatic heterocycles. The third-order valence-electron chi connectivity index (χ3n) is 2.99. The van der Waals surface area contributed by atoms with Crippen molar-refractivity contribution >= 4 is 33.2 Å². The largest absolute Gasteiger partial charge is 0.398 e. The number of nitrogens with zero attached hydrogens (tertiary/aromatic N) is 1. The summed E-state index contributed by atoms with van der Waals surface area (Å²) in [6.07, 6.45) is 11.4. The molecule has 0 spiro atoms. The average Bonchev–Trinajstić information content (AvgIpc) is 2.44. The van der Waals surface area contributed by atoms with Crippen LogP contribution in [0, 0.1) is 0 Å². The Labute approximate surface area is 140 Å². The molecule has 1 atom stereocenters. The van der Waals surface area contributed by atoms with Gasteiger partial charge in [-0.2, -0.15) is 0 Å². The van der Waals surface area contributed by atoms with Crippen LogP contribution in [0.1, 0.15) is 39.2 Å². The first kappa shape index (κ1) is 18.0. The van der Waals surface area contributed by atoms with E-state index in [2.05, 4.69) is 46.9 Å². The van der Waals surface area contributed by atoms with Crippen molar-refractivity contribution in [2.45, 2.75) is 38.4 Å². The second-order valence-electron chi connectivity index (χ2n) is 4.80. The van der Waals surface area contributed by atoms with Gasteiger partial charge in [0.05, 0.1) is 5.02 Å². The van der Waals surface area contributed by atoms with Crippen LogP contribution in [-0.4, -0.2) is 9.81 Å². The van der Waals surface area contributed by atoms with Crippen LogP contribution in [-0.2, 0) is 0 Å². The van der Waals surface area contributed by atoms with Crippen molar-refractivity contribution in [3.05, 3.63) is 58.4 Å². The van der Waals surface area contributed by atoms with Gasteiger partial charge in [-0.1, -0.05) is 59.6 Å². The van der Waals surface area contributed by atoms with E-state index in [9.17, 15) is 0 Å². The molecule has 1 heterocycles. The van der Waals surface area contributed by atoms with Crippen molar-refractivity contribution in [3.8, 4) is 0 Å². The number of alkyl halides is 1. The Hall–Kier alpha value is -1.06. The minimum absolute atomic E-state index is 0.331. The number of hydrogen-bond donors (Lipinski definition) is 1. The van der Waals surface area contributed by atoms with Crippen LogP contribution in [0.25, 0.3) is 5.70 Å². The quantitative estimate of drug-likeness (QED) is 0.532. The van der Waals surface area contributed by atoms with E-state index in [0.717, 1.165) is 29.6 Å². The molecule has 0 fully saturated rings. The van der Waals surface area contributed by atoms with Gasteiger partial charge in [0.2, 0.25) is 0 Å². The number of allylic oxidation sites excluding steroid dienone is 5. The third kappa shape index (κ3) is 5.33. The molecule has 2 nitrogen and oxygen atoms in total. The van der Waals surface area contributed by atoms with E-state index >= 15 is 0 Å². The molecule has 4 heteroatoms. The predicted octanol–water partition coefficient (Wildman–Crippen LogP) is 5.49. The van der Waals surface area contributed by atoms with Gasteiger partial charge in [-0.3, -0.25) is 4.98 Å². The van der Waals surface area contributed by atoms with Crippen molar-refractivity contribution < 1.29 is 0 Å². The number of rotatable bonds is 6. The Morgan fingerprint density at radius 3 is 2.76 bits per heavy atom. The first-order valence-electron chi connectivity index (χ1n) is 7.07. The molecular formula is C17H22BrClN2. The van der Waals surface area contributed by atoms with Crippen molar-refractivity contribution in [2.75, 3.05) is 0 Å². The zero-order valence-corrected chi connectivity index (χ0v) is 15.1. The molecule has 1 rings (SSSR count). The number of aromatic nitrogens is 1. The maximum atomic E-state index is 6.42. The summed E-state index contributed by atoms with van der Waals surface area (Å²) < 4.78 is 0. The molecule has 0 saturated carbocycles. The van der Waals surface area contributed by atoms with Crippen LogP contribution in [0.5, 0.6) is 0 Å². The summed E-state index contributed by atoms with van der Waals surface area (Å²) in [7, 11) is 0. The zero-order valence-electron chi connectivity index (χ0n) is 12.7. The molecule has 0 amide bonds. The van der Waals surface area contributed by atoms with Crippen LogP contribution in [0.4, 0.5) is 0 Å². The Kier molecular flexibility index (Phi) is 7.76. The van der Waals surface area contributed by atoms with Crippen LogP contribution < -0.4 is 5.73 Å². The van der Waals surface area contributed by atoms with Crippen molar-refractivity contribution in [1.29, 1.82) is 0 Å². The molecule has 0 aliphatic rings. The first-order chi connectivity index (χ1) is 10.0. The summed E-state index contributed by atoms with van der Waals surface area (Å²) in [4.78, 5) is 4.35. The molecule has 0 aliphatic carbocycles. The Bertz CT molecular complexity index is 560. The van der Waals surface area contributed by atoms with Gasteiger partial charge in [-0.05, 0) is 37.0 Å². The van der Waals surface area contributed by atoms with Crippen molar-refractivity contribution in [3.63, 3.8) is 0 Å². The summed E-state index contributed by atoms with van der Waals surface area (Å²) >= 11 is 9.85. The number of pyridine rings is 1. The lowest BCUT2D eigenvalue weighted by Gasteiger charge is -2.16. The molecule has 0 radical (unpaired) electrons. The van der Waals surface area contributed by atoms with Gasteiger partial charge in [0.25, 0.3) is 0 Å². The van der Waals surface area contributed by atoms with Crippen LogP contribution >= 0.6 is 27.5 Å². The molecule has 1 unspecified atom stereocenters. The van der Waals surface area contributed by atoms with Gasteiger partial charge in [0, 0.05) is 28.5 Å².